The van der Waals surface area contributed by atoms with Gasteiger partial charge >= 0.3 is 0 Å². The van der Waals surface area contributed by atoms with Crippen LogP contribution in [0.3, 0.4) is 0 Å². The van der Waals surface area contributed by atoms with Gasteiger partial charge in [-0.3, -0.25) is 0 Å². The third-order valence-electron chi connectivity index (χ3n) is 2.82. The van der Waals surface area contributed by atoms with E-state index in [1.165, 1.54) is 12.1 Å². The van der Waals surface area contributed by atoms with Crippen molar-refractivity contribution in [1.29, 1.82) is 5.26 Å². The Labute approximate surface area is 102 Å². The number of rotatable bonds is 4. The maximum Gasteiger partial charge on any atom is 0.123 e. The van der Waals surface area contributed by atoms with Crippen LogP contribution < -0.4 is 0 Å². The Morgan fingerprint density at radius 3 is 2.47 bits per heavy atom. The molecular formula is C14H17FN2. The summed E-state index contributed by atoms with van der Waals surface area (Å²) >= 11 is 0. The van der Waals surface area contributed by atoms with E-state index in [9.17, 15) is 9.65 Å². The fraction of sp³-hybridized carbons (Fsp3) is 0.357. The summed E-state index contributed by atoms with van der Waals surface area (Å²) < 4.78 is 13.1. The summed E-state index contributed by atoms with van der Waals surface area (Å²) in [6, 6.07) is 8.32. The molecule has 0 aliphatic heterocycles. The van der Waals surface area contributed by atoms with Crippen LogP contribution >= 0.6 is 0 Å². The first-order chi connectivity index (χ1) is 8.13. The normalized spacial score (nSPS) is 11.7. The zero-order chi connectivity index (χ0) is 12.8. The van der Waals surface area contributed by atoms with Crippen LogP contribution in [0.4, 0.5) is 4.39 Å². The van der Waals surface area contributed by atoms with Gasteiger partial charge in [0.25, 0.3) is 0 Å². The Morgan fingerprint density at radius 2 is 2.00 bits per heavy atom. The van der Waals surface area contributed by atoms with E-state index in [0.29, 0.717) is 11.1 Å². The van der Waals surface area contributed by atoms with Gasteiger partial charge in [-0.2, -0.15) is 5.26 Å². The Hall–Kier alpha value is -1.82. The minimum atomic E-state index is -0.317. The van der Waals surface area contributed by atoms with E-state index in [1.54, 1.807) is 12.1 Å². The second-order valence-electron chi connectivity index (χ2n) is 3.75. The van der Waals surface area contributed by atoms with Crippen molar-refractivity contribution in [2.75, 3.05) is 13.1 Å². The summed E-state index contributed by atoms with van der Waals surface area (Å²) in [5, 5.41) is 9.22. The number of halogens is 1. The van der Waals surface area contributed by atoms with Gasteiger partial charge in [-0.1, -0.05) is 12.1 Å². The molecule has 0 N–H and O–H groups in total. The van der Waals surface area contributed by atoms with Crippen molar-refractivity contribution < 1.29 is 4.39 Å². The second-order valence-corrected chi connectivity index (χ2v) is 3.75. The minimum absolute atomic E-state index is 0.317. The molecule has 3 heteroatoms. The highest BCUT2D eigenvalue weighted by molar-refractivity contribution is 5.78. The number of allylic oxidation sites excluding steroid dienone is 2. The van der Waals surface area contributed by atoms with Crippen molar-refractivity contribution in [2.24, 2.45) is 0 Å². The highest BCUT2D eigenvalue weighted by Crippen LogP contribution is 2.21. The molecule has 0 fully saturated rings. The van der Waals surface area contributed by atoms with Crippen LogP contribution in [0.5, 0.6) is 0 Å². The third-order valence-corrected chi connectivity index (χ3v) is 2.82. The first kappa shape index (κ1) is 13.2. The Balaban J connectivity index is 3.23. The lowest BCUT2D eigenvalue weighted by atomic mass is 10.0. The van der Waals surface area contributed by atoms with Gasteiger partial charge in [-0.05, 0) is 38.5 Å². The van der Waals surface area contributed by atoms with Crippen molar-refractivity contribution in [3.05, 3.63) is 41.3 Å². The maximum absolute atomic E-state index is 13.1. The molecule has 0 unspecified atom stereocenters. The molecule has 2 nitrogen and oxygen atoms in total. The van der Waals surface area contributed by atoms with Gasteiger partial charge < -0.3 is 4.90 Å². The monoisotopic (exact) mass is 232 g/mol. The molecule has 0 atom stereocenters. The van der Waals surface area contributed by atoms with Crippen LogP contribution in [0.1, 0.15) is 26.3 Å². The van der Waals surface area contributed by atoms with E-state index in [1.807, 2.05) is 20.8 Å². The highest BCUT2D eigenvalue weighted by atomic mass is 19.1. The van der Waals surface area contributed by atoms with E-state index >= 15 is 0 Å². The summed E-state index contributed by atoms with van der Waals surface area (Å²) in [6.07, 6.45) is 0. The fourth-order valence-electron chi connectivity index (χ4n) is 1.85. The average Bonchev–Trinajstić information content (AvgIpc) is 2.31. The molecule has 0 saturated heterocycles. The van der Waals surface area contributed by atoms with Crippen molar-refractivity contribution in [3.8, 4) is 6.07 Å². The van der Waals surface area contributed by atoms with Gasteiger partial charge in [0, 0.05) is 18.8 Å². The topological polar surface area (TPSA) is 27.0 Å². The maximum atomic E-state index is 13.1. The molecule has 0 saturated carbocycles. The lowest BCUT2D eigenvalue weighted by molar-refractivity contribution is 0.386. The van der Waals surface area contributed by atoms with E-state index < -0.39 is 0 Å². The van der Waals surface area contributed by atoms with Gasteiger partial charge in [0.1, 0.15) is 11.9 Å². The van der Waals surface area contributed by atoms with Crippen LogP contribution in [0, 0.1) is 17.1 Å². The molecule has 1 aromatic carbocycles. The first-order valence-corrected chi connectivity index (χ1v) is 5.75. The fourth-order valence-corrected chi connectivity index (χ4v) is 1.85. The van der Waals surface area contributed by atoms with Gasteiger partial charge in [0.2, 0.25) is 0 Å². The van der Waals surface area contributed by atoms with Gasteiger partial charge in [-0.15, -0.1) is 0 Å². The van der Waals surface area contributed by atoms with Crippen molar-refractivity contribution in [1.82, 2.24) is 4.90 Å². The van der Waals surface area contributed by atoms with Crippen LogP contribution in [0.15, 0.2) is 30.0 Å². The van der Waals surface area contributed by atoms with Crippen molar-refractivity contribution >= 4 is 5.57 Å². The molecule has 0 aromatic heterocycles. The number of nitriles is 1. The van der Waals surface area contributed by atoms with Crippen LogP contribution in [-0.2, 0) is 0 Å². The lowest BCUT2D eigenvalue weighted by Crippen LogP contribution is -2.21. The second kappa shape index (κ2) is 6.05. The van der Waals surface area contributed by atoms with Gasteiger partial charge in [0.05, 0.1) is 5.57 Å². The molecule has 1 aromatic rings. The summed E-state index contributed by atoms with van der Waals surface area (Å²) in [5.74, 6) is -0.317. The van der Waals surface area contributed by atoms with Gasteiger partial charge in [0.15, 0.2) is 0 Å². The molecule has 0 aliphatic rings. The number of hydrogen-bond donors (Lipinski definition) is 0. The molecule has 0 aliphatic carbocycles. The Morgan fingerprint density at radius 1 is 1.35 bits per heavy atom. The lowest BCUT2D eigenvalue weighted by Gasteiger charge is -2.23. The zero-order valence-electron chi connectivity index (χ0n) is 10.5. The summed E-state index contributed by atoms with van der Waals surface area (Å²) in [6.45, 7) is 7.64. The smallest absolute Gasteiger partial charge is 0.123 e. The predicted molar refractivity (Wildman–Crippen MR) is 67.5 cm³/mol. The zero-order valence-corrected chi connectivity index (χ0v) is 10.5. The van der Waals surface area contributed by atoms with E-state index in [0.717, 1.165) is 18.8 Å². The van der Waals surface area contributed by atoms with Crippen molar-refractivity contribution in [2.45, 2.75) is 20.8 Å². The first-order valence-electron chi connectivity index (χ1n) is 5.75. The largest absolute Gasteiger partial charge is 0.375 e. The van der Waals surface area contributed by atoms with E-state index in [2.05, 4.69) is 11.0 Å². The van der Waals surface area contributed by atoms with Crippen molar-refractivity contribution in [3.63, 3.8) is 0 Å². The third kappa shape index (κ3) is 3.07. The number of benzene rings is 1. The van der Waals surface area contributed by atoms with E-state index in [-0.39, 0.29) is 5.82 Å². The highest BCUT2D eigenvalue weighted by Gasteiger charge is 2.10. The SMILES string of the molecule is CCN(CC)C(C)=C(C#N)c1cccc(F)c1. The molecule has 0 spiro atoms. The average molecular weight is 232 g/mol. The van der Waals surface area contributed by atoms with E-state index in [4.69, 9.17) is 0 Å². The Kier molecular flexibility index (Phi) is 4.71. The van der Waals surface area contributed by atoms with Crippen LogP contribution in [0.25, 0.3) is 5.57 Å². The molecule has 0 heterocycles. The number of nitrogens with zero attached hydrogens (tertiary/aromatic N) is 2. The minimum Gasteiger partial charge on any atom is -0.375 e. The molecule has 0 radical (unpaired) electrons. The standard InChI is InChI=1S/C14H17FN2/c1-4-17(5-2)11(3)14(10-16)12-7-6-8-13(15)9-12/h6-9H,4-5H2,1-3H3. The molecular weight excluding hydrogens is 215 g/mol. The predicted octanol–water partition coefficient (Wildman–Crippen LogP) is 3.42. The number of hydrogen-bond acceptors (Lipinski definition) is 2. The molecule has 1 rings (SSSR count). The molecule has 0 bridgehead atoms. The summed E-state index contributed by atoms with van der Waals surface area (Å²) in [5.41, 5.74) is 2.06. The summed E-state index contributed by atoms with van der Waals surface area (Å²) in [7, 11) is 0. The van der Waals surface area contributed by atoms with Gasteiger partial charge in [-0.25, -0.2) is 4.39 Å². The summed E-state index contributed by atoms with van der Waals surface area (Å²) in [4.78, 5) is 2.09. The molecule has 90 valence electrons. The molecule has 17 heavy (non-hydrogen) atoms. The van der Waals surface area contributed by atoms with Crippen LogP contribution in [-0.4, -0.2) is 18.0 Å². The quantitative estimate of drug-likeness (QED) is 0.744. The Bertz CT molecular complexity index is 454. The molecule has 0 amide bonds. The van der Waals surface area contributed by atoms with Crippen LogP contribution in [0.2, 0.25) is 0 Å².